The quantitative estimate of drug-likeness (QED) is 0.900. The molecule has 2 aromatic rings. The molecule has 4 nitrogen and oxygen atoms in total. The molecule has 1 aliphatic rings. The molecule has 2 heterocycles. The molecule has 1 saturated heterocycles. The number of aromatic nitrogens is 1. The summed E-state index contributed by atoms with van der Waals surface area (Å²) in [5.41, 5.74) is 2.29. The highest BCUT2D eigenvalue weighted by Crippen LogP contribution is 2.25. The van der Waals surface area contributed by atoms with Crippen molar-refractivity contribution in [2.24, 2.45) is 0 Å². The van der Waals surface area contributed by atoms with Crippen molar-refractivity contribution in [2.45, 2.75) is 39.0 Å². The highest BCUT2D eigenvalue weighted by Gasteiger charge is 2.13. The molecule has 0 saturated carbocycles. The van der Waals surface area contributed by atoms with E-state index in [0.717, 1.165) is 18.7 Å². The van der Waals surface area contributed by atoms with E-state index in [2.05, 4.69) is 53.3 Å². The van der Waals surface area contributed by atoms with E-state index >= 15 is 0 Å². The molecule has 1 aromatic heterocycles. The lowest BCUT2D eigenvalue weighted by atomic mass is 10.1. The van der Waals surface area contributed by atoms with Crippen LogP contribution in [0.1, 0.15) is 43.0 Å². The number of amides is 1. The second-order valence-corrected chi connectivity index (χ2v) is 7.37. The van der Waals surface area contributed by atoms with Crippen molar-refractivity contribution in [3.05, 3.63) is 40.9 Å². The summed E-state index contributed by atoms with van der Waals surface area (Å²) in [5.74, 6) is 0.430. The third kappa shape index (κ3) is 4.10. The SMILES string of the molecule is CC(C)c1cnc(NC(=O)Cc2ccc(N3CCCC3)cc2)s1. The number of nitrogens with zero attached hydrogens (tertiary/aromatic N) is 2. The number of carbonyl (C=O) groups excluding carboxylic acids is 1. The maximum Gasteiger partial charge on any atom is 0.230 e. The number of rotatable bonds is 5. The first-order chi connectivity index (χ1) is 11.1. The van der Waals surface area contributed by atoms with Gasteiger partial charge in [0.05, 0.1) is 6.42 Å². The molecule has 1 fully saturated rings. The molecular formula is C18H23N3OS. The predicted octanol–water partition coefficient (Wildman–Crippen LogP) is 4.05. The number of nitrogens with one attached hydrogen (secondary N) is 1. The first kappa shape index (κ1) is 16.0. The lowest BCUT2D eigenvalue weighted by Crippen LogP contribution is -2.17. The largest absolute Gasteiger partial charge is 0.372 e. The zero-order valence-electron chi connectivity index (χ0n) is 13.7. The topological polar surface area (TPSA) is 45.2 Å². The highest BCUT2D eigenvalue weighted by molar-refractivity contribution is 7.15. The van der Waals surface area contributed by atoms with E-state index in [-0.39, 0.29) is 5.91 Å². The third-order valence-electron chi connectivity index (χ3n) is 4.11. The predicted molar refractivity (Wildman–Crippen MR) is 96.4 cm³/mol. The van der Waals surface area contributed by atoms with E-state index in [1.165, 1.54) is 23.4 Å². The van der Waals surface area contributed by atoms with Crippen LogP contribution in [0.4, 0.5) is 10.8 Å². The lowest BCUT2D eigenvalue weighted by molar-refractivity contribution is -0.115. The van der Waals surface area contributed by atoms with Crippen LogP contribution in [-0.4, -0.2) is 24.0 Å². The van der Waals surface area contributed by atoms with Crippen LogP contribution in [0.5, 0.6) is 0 Å². The maximum absolute atomic E-state index is 12.1. The van der Waals surface area contributed by atoms with E-state index in [4.69, 9.17) is 0 Å². The summed E-state index contributed by atoms with van der Waals surface area (Å²) in [4.78, 5) is 20.0. The van der Waals surface area contributed by atoms with Gasteiger partial charge in [-0.25, -0.2) is 4.98 Å². The van der Waals surface area contributed by atoms with Crippen molar-refractivity contribution in [2.75, 3.05) is 23.3 Å². The molecule has 1 N–H and O–H groups in total. The van der Waals surface area contributed by atoms with Crippen LogP contribution in [0.15, 0.2) is 30.5 Å². The Morgan fingerprint density at radius 3 is 2.57 bits per heavy atom. The Labute approximate surface area is 141 Å². The summed E-state index contributed by atoms with van der Waals surface area (Å²) < 4.78 is 0. The summed E-state index contributed by atoms with van der Waals surface area (Å²) in [7, 11) is 0. The smallest absolute Gasteiger partial charge is 0.230 e. The van der Waals surface area contributed by atoms with Crippen molar-refractivity contribution in [1.82, 2.24) is 4.98 Å². The molecule has 23 heavy (non-hydrogen) atoms. The van der Waals surface area contributed by atoms with Crippen molar-refractivity contribution < 1.29 is 4.79 Å². The van der Waals surface area contributed by atoms with Gasteiger partial charge < -0.3 is 10.2 Å². The van der Waals surface area contributed by atoms with Crippen LogP contribution < -0.4 is 10.2 Å². The Bertz CT molecular complexity index is 657. The van der Waals surface area contributed by atoms with E-state index in [1.54, 1.807) is 11.3 Å². The lowest BCUT2D eigenvalue weighted by Gasteiger charge is -2.17. The first-order valence-corrected chi connectivity index (χ1v) is 9.03. The number of benzene rings is 1. The van der Waals surface area contributed by atoms with Crippen molar-refractivity contribution in [1.29, 1.82) is 0 Å². The molecule has 122 valence electrons. The van der Waals surface area contributed by atoms with Crippen LogP contribution in [0.3, 0.4) is 0 Å². The zero-order valence-corrected chi connectivity index (χ0v) is 14.5. The highest BCUT2D eigenvalue weighted by atomic mass is 32.1. The van der Waals surface area contributed by atoms with Gasteiger partial charge in [-0.1, -0.05) is 26.0 Å². The molecule has 0 radical (unpaired) electrons. The van der Waals surface area contributed by atoms with Gasteiger partial charge in [-0.2, -0.15) is 0 Å². The Morgan fingerprint density at radius 2 is 1.96 bits per heavy atom. The fourth-order valence-electron chi connectivity index (χ4n) is 2.76. The summed E-state index contributed by atoms with van der Waals surface area (Å²) in [6.07, 6.45) is 4.78. The Hall–Kier alpha value is -1.88. The van der Waals surface area contributed by atoms with Gasteiger partial charge >= 0.3 is 0 Å². The maximum atomic E-state index is 12.1. The average molecular weight is 329 g/mol. The third-order valence-corrected chi connectivity index (χ3v) is 5.32. The van der Waals surface area contributed by atoms with Gasteiger partial charge in [0.2, 0.25) is 5.91 Å². The molecule has 0 spiro atoms. The number of thiazole rings is 1. The Morgan fingerprint density at radius 1 is 1.26 bits per heavy atom. The summed E-state index contributed by atoms with van der Waals surface area (Å²) in [6, 6.07) is 8.34. The molecular weight excluding hydrogens is 306 g/mol. The van der Waals surface area contributed by atoms with Gasteiger partial charge in [-0.15, -0.1) is 11.3 Å². The first-order valence-electron chi connectivity index (χ1n) is 8.21. The van der Waals surface area contributed by atoms with Crippen LogP contribution >= 0.6 is 11.3 Å². The monoisotopic (exact) mass is 329 g/mol. The average Bonchev–Trinajstić information content (AvgIpc) is 3.19. The zero-order chi connectivity index (χ0) is 16.2. The minimum absolute atomic E-state index is 0.0106. The Kier molecular flexibility index (Phi) is 4.96. The molecule has 5 heteroatoms. The van der Waals surface area contributed by atoms with Crippen molar-refractivity contribution in [3.8, 4) is 0 Å². The van der Waals surface area contributed by atoms with Gasteiger partial charge in [0.25, 0.3) is 0 Å². The normalized spacial score (nSPS) is 14.5. The van der Waals surface area contributed by atoms with Crippen LogP contribution in [0, 0.1) is 0 Å². The van der Waals surface area contributed by atoms with E-state index in [0.29, 0.717) is 17.5 Å². The molecule has 1 aliphatic heterocycles. The van der Waals surface area contributed by atoms with E-state index in [1.807, 2.05) is 6.20 Å². The summed E-state index contributed by atoms with van der Waals surface area (Å²) >= 11 is 1.55. The molecule has 0 atom stereocenters. The van der Waals surface area contributed by atoms with E-state index < -0.39 is 0 Å². The minimum atomic E-state index is -0.0106. The van der Waals surface area contributed by atoms with Gasteiger partial charge in [0.1, 0.15) is 0 Å². The van der Waals surface area contributed by atoms with Crippen LogP contribution in [-0.2, 0) is 11.2 Å². The molecule has 0 bridgehead atoms. The molecule has 1 aromatic carbocycles. The standard InChI is InChI=1S/C18H23N3OS/c1-13(2)16-12-19-18(23-16)20-17(22)11-14-5-7-15(8-6-14)21-9-3-4-10-21/h5-8,12-13H,3-4,9-11H2,1-2H3,(H,19,20,22). The van der Waals surface area contributed by atoms with Crippen LogP contribution in [0.25, 0.3) is 0 Å². The van der Waals surface area contributed by atoms with Gasteiger partial charge in [0.15, 0.2) is 5.13 Å². The minimum Gasteiger partial charge on any atom is -0.372 e. The fourth-order valence-corrected chi connectivity index (χ4v) is 3.59. The molecule has 3 rings (SSSR count). The van der Waals surface area contributed by atoms with Crippen molar-refractivity contribution >= 4 is 28.1 Å². The summed E-state index contributed by atoms with van der Waals surface area (Å²) in [5, 5.41) is 3.58. The number of hydrogen-bond donors (Lipinski definition) is 1. The van der Waals surface area contributed by atoms with Gasteiger partial charge in [0, 0.05) is 29.9 Å². The second kappa shape index (κ2) is 7.13. The second-order valence-electron chi connectivity index (χ2n) is 6.31. The molecule has 0 aliphatic carbocycles. The van der Waals surface area contributed by atoms with Gasteiger partial charge in [-0.3, -0.25) is 4.79 Å². The van der Waals surface area contributed by atoms with Crippen molar-refractivity contribution in [3.63, 3.8) is 0 Å². The van der Waals surface area contributed by atoms with Gasteiger partial charge in [-0.05, 0) is 36.5 Å². The number of carbonyl (C=O) groups is 1. The van der Waals surface area contributed by atoms with Crippen LogP contribution in [0.2, 0.25) is 0 Å². The number of hydrogen-bond acceptors (Lipinski definition) is 4. The van der Waals surface area contributed by atoms with E-state index in [9.17, 15) is 4.79 Å². The molecule has 0 unspecified atom stereocenters. The fraction of sp³-hybridized carbons (Fsp3) is 0.444. The Balaban J connectivity index is 1.56. The number of anilines is 2. The summed E-state index contributed by atoms with van der Waals surface area (Å²) in [6.45, 7) is 6.53. The molecule has 1 amide bonds.